The first-order valence-electron chi connectivity index (χ1n) is 8.52. The number of hydrogen-bond donors (Lipinski definition) is 1. The summed E-state index contributed by atoms with van der Waals surface area (Å²) in [6.07, 6.45) is 2.18. The minimum absolute atomic E-state index is 0.943. The molecule has 0 spiro atoms. The number of rotatable bonds is 4. The summed E-state index contributed by atoms with van der Waals surface area (Å²) in [7, 11) is 0. The van der Waals surface area contributed by atoms with Gasteiger partial charge in [-0.3, -0.25) is 4.90 Å². The summed E-state index contributed by atoms with van der Waals surface area (Å²) in [6, 6.07) is 20.8. The molecule has 0 unspecified atom stereocenters. The number of benzene rings is 2. The lowest BCUT2D eigenvalue weighted by atomic mass is 10.1. The largest absolute Gasteiger partial charge is 0.314 e. The molecule has 1 fully saturated rings. The second kappa shape index (κ2) is 6.99. The Labute approximate surface area is 142 Å². The van der Waals surface area contributed by atoms with Crippen molar-refractivity contribution >= 4 is 0 Å². The molecule has 122 valence electrons. The summed E-state index contributed by atoms with van der Waals surface area (Å²) in [5.74, 6) is 0. The van der Waals surface area contributed by atoms with Gasteiger partial charge in [0, 0.05) is 50.0 Å². The van der Waals surface area contributed by atoms with Crippen molar-refractivity contribution in [1.29, 1.82) is 0 Å². The first-order chi connectivity index (χ1) is 11.9. The van der Waals surface area contributed by atoms with Crippen LogP contribution in [-0.2, 0) is 6.54 Å². The highest BCUT2D eigenvalue weighted by molar-refractivity contribution is 5.63. The van der Waals surface area contributed by atoms with E-state index in [1.54, 1.807) is 0 Å². The van der Waals surface area contributed by atoms with Gasteiger partial charge >= 0.3 is 0 Å². The van der Waals surface area contributed by atoms with Crippen molar-refractivity contribution in [2.45, 2.75) is 6.54 Å². The molecule has 4 rings (SSSR count). The van der Waals surface area contributed by atoms with Crippen molar-refractivity contribution in [3.63, 3.8) is 0 Å². The highest BCUT2D eigenvalue weighted by Crippen LogP contribution is 2.25. The van der Waals surface area contributed by atoms with Gasteiger partial charge in [0.1, 0.15) is 0 Å². The summed E-state index contributed by atoms with van der Waals surface area (Å²) in [6.45, 7) is 5.25. The average Bonchev–Trinajstić information content (AvgIpc) is 3.08. The zero-order chi connectivity index (χ0) is 16.2. The minimum atomic E-state index is 0.943. The molecule has 3 aromatic rings. The maximum absolute atomic E-state index is 4.89. The van der Waals surface area contributed by atoms with E-state index in [0.717, 1.165) is 44.1 Å². The quantitative estimate of drug-likeness (QED) is 0.803. The fourth-order valence-corrected chi connectivity index (χ4v) is 3.19. The summed E-state index contributed by atoms with van der Waals surface area (Å²) in [5, 5.41) is 8.31. The smallest absolute Gasteiger partial charge is 0.0972 e. The molecule has 0 atom stereocenters. The van der Waals surface area contributed by atoms with Crippen LogP contribution in [0, 0.1) is 0 Å². The molecule has 0 aliphatic carbocycles. The SMILES string of the molecule is c1ccc(-c2nn(-c3ccccc3)cc2CN2CCNCC2)cc1. The molecule has 0 amide bonds. The fraction of sp³-hybridized carbons (Fsp3) is 0.250. The molecular formula is C20H22N4. The zero-order valence-corrected chi connectivity index (χ0v) is 13.7. The lowest BCUT2D eigenvalue weighted by Crippen LogP contribution is -2.42. The van der Waals surface area contributed by atoms with E-state index in [1.165, 1.54) is 11.1 Å². The summed E-state index contributed by atoms with van der Waals surface area (Å²) >= 11 is 0. The van der Waals surface area contributed by atoms with Crippen LogP contribution in [-0.4, -0.2) is 40.9 Å². The summed E-state index contributed by atoms with van der Waals surface area (Å²) in [4.78, 5) is 2.50. The zero-order valence-electron chi connectivity index (χ0n) is 13.7. The lowest BCUT2D eigenvalue weighted by molar-refractivity contribution is 0.233. The monoisotopic (exact) mass is 318 g/mol. The van der Waals surface area contributed by atoms with E-state index < -0.39 is 0 Å². The van der Waals surface area contributed by atoms with Crippen LogP contribution in [0.4, 0.5) is 0 Å². The second-order valence-electron chi connectivity index (χ2n) is 6.18. The lowest BCUT2D eigenvalue weighted by Gasteiger charge is -2.26. The number of aromatic nitrogens is 2. The van der Waals surface area contributed by atoms with Crippen molar-refractivity contribution in [3.8, 4) is 16.9 Å². The maximum Gasteiger partial charge on any atom is 0.0972 e. The molecule has 1 aliphatic heterocycles. The van der Waals surface area contributed by atoms with Gasteiger partial charge in [0.25, 0.3) is 0 Å². The Kier molecular flexibility index (Phi) is 4.40. The molecule has 1 aromatic heterocycles. The van der Waals surface area contributed by atoms with Gasteiger partial charge in [-0.1, -0.05) is 48.5 Å². The number of hydrogen-bond acceptors (Lipinski definition) is 3. The third-order valence-electron chi connectivity index (χ3n) is 4.46. The summed E-state index contributed by atoms with van der Waals surface area (Å²) < 4.78 is 2.00. The van der Waals surface area contributed by atoms with Gasteiger partial charge in [-0.05, 0) is 12.1 Å². The fourth-order valence-electron chi connectivity index (χ4n) is 3.19. The first kappa shape index (κ1) is 15.1. The average molecular weight is 318 g/mol. The number of para-hydroxylation sites is 1. The third kappa shape index (κ3) is 3.25. The van der Waals surface area contributed by atoms with Gasteiger partial charge in [0.2, 0.25) is 0 Å². The third-order valence-corrected chi connectivity index (χ3v) is 4.46. The number of piperazine rings is 1. The normalized spacial score (nSPS) is 15.5. The van der Waals surface area contributed by atoms with Crippen molar-refractivity contribution in [2.75, 3.05) is 26.2 Å². The predicted octanol–water partition coefficient (Wildman–Crippen LogP) is 2.94. The van der Waals surface area contributed by atoms with E-state index in [0.29, 0.717) is 0 Å². The van der Waals surface area contributed by atoms with Gasteiger partial charge in [-0.25, -0.2) is 4.68 Å². The minimum Gasteiger partial charge on any atom is -0.314 e. The van der Waals surface area contributed by atoms with Gasteiger partial charge in [0.15, 0.2) is 0 Å². The Balaban J connectivity index is 1.71. The second-order valence-corrected chi connectivity index (χ2v) is 6.18. The first-order valence-corrected chi connectivity index (χ1v) is 8.52. The number of nitrogens with one attached hydrogen (secondary N) is 1. The molecule has 0 bridgehead atoms. The molecule has 1 aliphatic rings. The van der Waals surface area contributed by atoms with Gasteiger partial charge < -0.3 is 5.32 Å². The Hall–Kier alpha value is -2.43. The molecule has 0 saturated carbocycles. The van der Waals surface area contributed by atoms with Crippen LogP contribution in [0.25, 0.3) is 16.9 Å². The van der Waals surface area contributed by atoms with E-state index in [1.807, 2.05) is 16.8 Å². The van der Waals surface area contributed by atoms with Crippen molar-refractivity contribution < 1.29 is 0 Å². The van der Waals surface area contributed by atoms with Crippen molar-refractivity contribution in [1.82, 2.24) is 20.0 Å². The Morgan fingerprint density at radius 2 is 1.54 bits per heavy atom. The van der Waals surface area contributed by atoms with Crippen LogP contribution in [0.5, 0.6) is 0 Å². The van der Waals surface area contributed by atoms with Crippen LogP contribution in [0.1, 0.15) is 5.56 Å². The topological polar surface area (TPSA) is 33.1 Å². The Bertz CT molecular complexity index is 774. The van der Waals surface area contributed by atoms with Gasteiger partial charge in [0.05, 0.1) is 11.4 Å². The predicted molar refractivity (Wildman–Crippen MR) is 97.1 cm³/mol. The highest BCUT2D eigenvalue weighted by atomic mass is 15.3. The molecule has 2 heterocycles. The van der Waals surface area contributed by atoms with Crippen molar-refractivity contribution in [2.24, 2.45) is 0 Å². The van der Waals surface area contributed by atoms with Crippen LogP contribution in [0.15, 0.2) is 66.9 Å². The van der Waals surface area contributed by atoms with Crippen LogP contribution < -0.4 is 5.32 Å². The van der Waals surface area contributed by atoms with E-state index >= 15 is 0 Å². The standard InChI is InChI=1S/C20H22N4/c1-3-7-17(8-4-1)20-18(15-23-13-11-21-12-14-23)16-24(22-20)19-9-5-2-6-10-19/h1-10,16,21H,11-15H2. The molecule has 24 heavy (non-hydrogen) atoms. The molecule has 0 radical (unpaired) electrons. The van der Waals surface area contributed by atoms with E-state index in [-0.39, 0.29) is 0 Å². The molecule has 4 nitrogen and oxygen atoms in total. The Morgan fingerprint density at radius 1 is 0.875 bits per heavy atom. The molecule has 4 heteroatoms. The highest BCUT2D eigenvalue weighted by Gasteiger charge is 2.16. The van der Waals surface area contributed by atoms with Crippen LogP contribution in [0.3, 0.4) is 0 Å². The van der Waals surface area contributed by atoms with E-state index in [2.05, 4.69) is 64.9 Å². The van der Waals surface area contributed by atoms with E-state index in [4.69, 9.17) is 5.10 Å². The molecular weight excluding hydrogens is 296 g/mol. The molecule has 1 N–H and O–H groups in total. The maximum atomic E-state index is 4.89. The molecule has 1 saturated heterocycles. The summed E-state index contributed by atoms with van der Waals surface area (Å²) in [5.41, 5.74) is 4.64. The van der Waals surface area contributed by atoms with E-state index in [9.17, 15) is 0 Å². The number of nitrogens with zero attached hydrogens (tertiary/aromatic N) is 3. The van der Waals surface area contributed by atoms with Crippen LogP contribution >= 0.6 is 0 Å². The molecule has 2 aromatic carbocycles. The Morgan fingerprint density at radius 3 is 2.25 bits per heavy atom. The van der Waals surface area contributed by atoms with Crippen LogP contribution in [0.2, 0.25) is 0 Å². The van der Waals surface area contributed by atoms with Crippen molar-refractivity contribution in [3.05, 3.63) is 72.4 Å². The van der Waals surface area contributed by atoms with Gasteiger partial charge in [-0.2, -0.15) is 5.10 Å². The van der Waals surface area contributed by atoms with Gasteiger partial charge in [-0.15, -0.1) is 0 Å².